The van der Waals surface area contributed by atoms with Crippen molar-refractivity contribution in [1.29, 1.82) is 0 Å². The molecule has 0 aliphatic carbocycles. The minimum absolute atomic E-state index is 0.0468. The molecule has 7 nitrogen and oxygen atoms in total. The number of pyridine rings is 1. The summed E-state index contributed by atoms with van der Waals surface area (Å²) in [7, 11) is 5.53. The molecular weight excluding hydrogens is 350 g/mol. The Kier molecular flexibility index (Phi) is 5.82. The molecule has 0 amide bonds. The molecule has 0 unspecified atom stereocenters. The monoisotopic (exact) mass is 365 g/mol. The van der Waals surface area contributed by atoms with E-state index in [1.54, 1.807) is 0 Å². The van der Waals surface area contributed by atoms with E-state index in [9.17, 15) is 9.59 Å². The Morgan fingerprint density at radius 1 is 0.960 bits per heavy atom. The van der Waals surface area contributed by atoms with Crippen molar-refractivity contribution in [2.45, 2.75) is 0 Å². The lowest BCUT2D eigenvalue weighted by molar-refractivity contribution is 0.0590. The van der Waals surface area contributed by atoms with Crippen LogP contribution < -0.4 is 14.2 Å². The van der Waals surface area contributed by atoms with Gasteiger partial charge in [0.05, 0.1) is 34.0 Å². The van der Waals surface area contributed by atoms with Crippen LogP contribution in [-0.2, 0) is 4.74 Å². The van der Waals surface area contributed by atoms with Crippen LogP contribution in [0.25, 0.3) is 0 Å². The number of halogens is 1. The van der Waals surface area contributed by atoms with Gasteiger partial charge in [-0.15, -0.1) is 0 Å². The summed E-state index contributed by atoms with van der Waals surface area (Å²) < 4.78 is 20.4. The molecular formula is C17H16ClNO6. The molecule has 0 atom stereocenters. The van der Waals surface area contributed by atoms with Gasteiger partial charge in [0.1, 0.15) is 5.15 Å². The van der Waals surface area contributed by atoms with E-state index in [1.165, 1.54) is 52.7 Å². The zero-order chi connectivity index (χ0) is 18.6. The summed E-state index contributed by atoms with van der Waals surface area (Å²) in [5.74, 6) is -0.260. The van der Waals surface area contributed by atoms with Crippen molar-refractivity contribution in [3.8, 4) is 17.2 Å². The minimum Gasteiger partial charge on any atom is -0.493 e. The highest BCUT2D eigenvalue weighted by atomic mass is 35.5. The molecule has 0 aliphatic rings. The largest absolute Gasteiger partial charge is 0.493 e. The third kappa shape index (κ3) is 3.66. The number of carbonyl (C=O) groups excluding carboxylic acids is 2. The van der Waals surface area contributed by atoms with Crippen LogP contribution in [0.5, 0.6) is 17.2 Å². The first kappa shape index (κ1) is 18.5. The van der Waals surface area contributed by atoms with E-state index in [0.717, 1.165) is 0 Å². The second kappa shape index (κ2) is 7.85. The Morgan fingerprint density at radius 2 is 1.56 bits per heavy atom. The fraction of sp³-hybridized carbons (Fsp3) is 0.235. The maximum atomic E-state index is 12.9. The van der Waals surface area contributed by atoms with E-state index in [2.05, 4.69) is 9.72 Å². The Morgan fingerprint density at radius 3 is 2.04 bits per heavy atom. The van der Waals surface area contributed by atoms with Gasteiger partial charge in [0.15, 0.2) is 23.0 Å². The van der Waals surface area contributed by atoms with E-state index in [4.69, 9.17) is 25.8 Å². The van der Waals surface area contributed by atoms with Crippen LogP contribution in [0.2, 0.25) is 5.15 Å². The van der Waals surface area contributed by atoms with Gasteiger partial charge in [-0.3, -0.25) is 4.79 Å². The molecule has 0 aliphatic heterocycles. The molecule has 2 aromatic rings. The van der Waals surface area contributed by atoms with Gasteiger partial charge >= 0.3 is 5.97 Å². The maximum absolute atomic E-state index is 12.9. The summed E-state index contributed by atoms with van der Waals surface area (Å²) in [5.41, 5.74) is 0.100. The number of carbonyl (C=O) groups is 2. The first-order valence-electron chi connectivity index (χ1n) is 7.06. The van der Waals surface area contributed by atoms with Crippen molar-refractivity contribution in [3.05, 3.63) is 46.2 Å². The van der Waals surface area contributed by atoms with E-state index in [0.29, 0.717) is 17.2 Å². The number of benzene rings is 1. The van der Waals surface area contributed by atoms with Gasteiger partial charge in [0.2, 0.25) is 5.75 Å². The van der Waals surface area contributed by atoms with Crippen molar-refractivity contribution in [2.75, 3.05) is 28.4 Å². The zero-order valence-electron chi connectivity index (χ0n) is 14.1. The molecule has 0 radical (unpaired) electrons. The number of hydrogen-bond acceptors (Lipinski definition) is 7. The number of methoxy groups -OCH3 is 4. The molecule has 1 heterocycles. The van der Waals surface area contributed by atoms with Gasteiger partial charge in [-0.05, 0) is 24.3 Å². The number of esters is 1. The second-order valence-electron chi connectivity index (χ2n) is 4.76. The first-order valence-corrected chi connectivity index (χ1v) is 7.44. The summed E-state index contributed by atoms with van der Waals surface area (Å²) in [6, 6.07) is 5.80. The molecule has 2 rings (SSSR count). The molecule has 8 heteroatoms. The maximum Gasteiger partial charge on any atom is 0.357 e. The van der Waals surface area contributed by atoms with Crippen LogP contribution in [0.15, 0.2) is 24.3 Å². The van der Waals surface area contributed by atoms with Gasteiger partial charge in [0, 0.05) is 5.56 Å². The molecule has 0 saturated heterocycles. The summed E-state index contributed by atoms with van der Waals surface area (Å²) in [5, 5.41) is 0.0712. The normalized spacial score (nSPS) is 10.1. The van der Waals surface area contributed by atoms with Crippen LogP contribution in [0.1, 0.15) is 26.4 Å². The molecule has 0 N–H and O–H groups in total. The van der Waals surface area contributed by atoms with Crippen LogP contribution in [0, 0.1) is 0 Å². The number of ether oxygens (including phenoxy) is 4. The van der Waals surface area contributed by atoms with Crippen molar-refractivity contribution in [3.63, 3.8) is 0 Å². The van der Waals surface area contributed by atoms with Gasteiger partial charge in [-0.2, -0.15) is 0 Å². The number of nitrogens with zero attached hydrogens (tertiary/aromatic N) is 1. The van der Waals surface area contributed by atoms with E-state index < -0.39 is 11.8 Å². The lowest BCUT2D eigenvalue weighted by Crippen LogP contribution is -2.14. The van der Waals surface area contributed by atoms with Gasteiger partial charge in [0.25, 0.3) is 0 Å². The molecule has 0 bridgehead atoms. The molecule has 132 valence electrons. The van der Waals surface area contributed by atoms with Gasteiger partial charge in [-0.1, -0.05) is 11.6 Å². The third-order valence-corrected chi connectivity index (χ3v) is 3.62. The van der Waals surface area contributed by atoms with Crippen molar-refractivity contribution in [1.82, 2.24) is 4.98 Å². The number of hydrogen-bond donors (Lipinski definition) is 0. The lowest BCUT2D eigenvalue weighted by Gasteiger charge is -2.14. The van der Waals surface area contributed by atoms with E-state index in [-0.39, 0.29) is 22.0 Å². The highest BCUT2D eigenvalue weighted by molar-refractivity contribution is 6.29. The lowest BCUT2D eigenvalue weighted by atomic mass is 10.0. The Bertz CT molecular complexity index is 796. The summed E-state index contributed by atoms with van der Waals surface area (Å²) >= 11 is 5.82. The summed E-state index contributed by atoms with van der Waals surface area (Å²) in [6.45, 7) is 0. The quantitative estimate of drug-likeness (QED) is 0.442. The van der Waals surface area contributed by atoms with Crippen LogP contribution in [0.4, 0.5) is 0 Å². The van der Waals surface area contributed by atoms with Crippen molar-refractivity contribution >= 4 is 23.4 Å². The van der Waals surface area contributed by atoms with Crippen LogP contribution in [-0.4, -0.2) is 45.2 Å². The number of ketones is 1. The van der Waals surface area contributed by atoms with Crippen molar-refractivity contribution < 1.29 is 28.5 Å². The highest BCUT2D eigenvalue weighted by Crippen LogP contribution is 2.38. The topological polar surface area (TPSA) is 84.0 Å². The van der Waals surface area contributed by atoms with Crippen molar-refractivity contribution in [2.24, 2.45) is 0 Å². The smallest absolute Gasteiger partial charge is 0.357 e. The summed E-state index contributed by atoms with van der Waals surface area (Å²) in [4.78, 5) is 28.7. The summed E-state index contributed by atoms with van der Waals surface area (Å²) in [6.07, 6.45) is 0. The average Bonchev–Trinajstić information content (AvgIpc) is 2.65. The highest BCUT2D eigenvalue weighted by Gasteiger charge is 2.24. The second-order valence-corrected chi connectivity index (χ2v) is 5.15. The van der Waals surface area contributed by atoms with Gasteiger partial charge in [-0.25, -0.2) is 9.78 Å². The molecule has 0 saturated carbocycles. The fourth-order valence-corrected chi connectivity index (χ4v) is 2.39. The molecule has 25 heavy (non-hydrogen) atoms. The molecule has 1 aromatic carbocycles. The number of aromatic nitrogens is 1. The average molecular weight is 366 g/mol. The van der Waals surface area contributed by atoms with Crippen LogP contribution in [0.3, 0.4) is 0 Å². The number of rotatable bonds is 6. The Balaban J connectivity index is 2.60. The first-order chi connectivity index (χ1) is 12.0. The fourth-order valence-electron chi connectivity index (χ4n) is 2.24. The predicted molar refractivity (Wildman–Crippen MR) is 90.1 cm³/mol. The predicted octanol–water partition coefficient (Wildman–Crippen LogP) is 2.78. The molecule has 0 fully saturated rings. The molecule has 0 spiro atoms. The van der Waals surface area contributed by atoms with Crippen LogP contribution >= 0.6 is 11.6 Å². The Labute approximate surface area is 149 Å². The SMILES string of the molecule is COC(=O)c1nc(Cl)ccc1C(=O)c1cc(OC)c(OC)c(OC)c1. The van der Waals surface area contributed by atoms with Gasteiger partial charge < -0.3 is 18.9 Å². The third-order valence-electron chi connectivity index (χ3n) is 3.41. The standard InChI is InChI=1S/C17H16ClNO6/c1-22-11-7-9(8-12(23-2)16(11)24-3)15(20)10-5-6-13(18)19-14(10)17(21)25-4/h5-8H,1-4H3. The Hall–Kier alpha value is -2.80. The zero-order valence-corrected chi connectivity index (χ0v) is 14.8. The minimum atomic E-state index is -0.765. The van der Waals surface area contributed by atoms with E-state index >= 15 is 0 Å². The molecule has 1 aromatic heterocycles. The van der Waals surface area contributed by atoms with E-state index in [1.807, 2.05) is 0 Å².